The molecule has 1 aromatic heterocycles. The fourth-order valence-electron chi connectivity index (χ4n) is 4.85. The summed E-state index contributed by atoms with van der Waals surface area (Å²) in [5.41, 5.74) is -1.54. The highest BCUT2D eigenvalue weighted by Gasteiger charge is 2.49. The Bertz CT molecular complexity index is 1190. The first-order valence-corrected chi connectivity index (χ1v) is 12.7. The minimum absolute atomic E-state index is 0.0181. The average molecular weight is 598 g/mol. The van der Waals surface area contributed by atoms with Crippen molar-refractivity contribution in [2.24, 2.45) is 0 Å². The minimum atomic E-state index is -2.46. The molecule has 2 fully saturated rings. The van der Waals surface area contributed by atoms with E-state index in [1.165, 1.54) is 6.08 Å². The van der Waals surface area contributed by atoms with Gasteiger partial charge in [0, 0.05) is 25.9 Å². The number of aromatic nitrogens is 2. The van der Waals surface area contributed by atoms with Crippen LogP contribution in [0.4, 0.5) is 17.6 Å². The van der Waals surface area contributed by atoms with Crippen LogP contribution in [0.1, 0.15) is 25.7 Å². The highest BCUT2D eigenvalue weighted by molar-refractivity contribution is 9.10. The van der Waals surface area contributed by atoms with Gasteiger partial charge in [-0.1, -0.05) is 17.7 Å². The van der Waals surface area contributed by atoms with Crippen LogP contribution in [0.15, 0.2) is 21.9 Å². The van der Waals surface area contributed by atoms with E-state index in [9.17, 15) is 18.0 Å². The molecular formula is C23H26BrClF4N4O3. The summed E-state index contributed by atoms with van der Waals surface area (Å²) >= 11 is 9.34. The Morgan fingerprint density at radius 2 is 2.19 bits per heavy atom. The highest BCUT2D eigenvalue weighted by Crippen LogP contribution is 2.42. The predicted molar refractivity (Wildman–Crippen MR) is 132 cm³/mol. The fourth-order valence-corrected chi connectivity index (χ4v) is 5.45. The van der Waals surface area contributed by atoms with Crippen LogP contribution >= 0.6 is 27.5 Å². The molecule has 2 aliphatic heterocycles. The number of fused-ring (bicyclic) bond motifs is 2. The van der Waals surface area contributed by atoms with Crippen molar-refractivity contribution in [2.45, 2.75) is 49.9 Å². The molecule has 0 saturated carbocycles. The average Bonchev–Trinajstić information content (AvgIpc) is 3.35. The number of nitrogens with zero attached hydrogens (tertiary/aromatic N) is 2. The maximum Gasteiger partial charge on any atom is 0.297 e. The lowest BCUT2D eigenvalue weighted by Crippen LogP contribution is -2.43. The first kappa shape index (κ1) is 27.2. The van der Waals surface area contributed by atoms with Crippen molar-refractivity contribution in [3.8, 4) is 11.8 Å². The molecule has 3 heterocycles. The van der Waals surface area contributed by atoms with Gasteiger partial charge >= 0.3 is 0 Å². The van der Waals surface area contributed by atoms with Crippen molar-refractivity contribution in [1.82, 2.24) is 20.2 Å². The van der Waals surface area contributed by atoms with Gasteiger partial charge in [0.1, 0.15) is 35.3 Å². The van der Waals surface area contributed by atoms with E-state index in [1.807, 2.05) is 4.90 Å². The molecule has 4 rings (SSSR count). The topological polar surface area (TPSA) is 79.5 Å². The summed E-state index contributed by atoms with van der Waals surface area (Å²) in [7, 11) is 0. The van der Waals surface area contributed by atoms with Crippen LogP contribution in [0.5, 0.6) is 11.8 Å². The van der Waals surface area contributed by atoms with E-state index >= 15 is 4.39 Å². The number of aromatic amines is 1. The molecule has 198 valence electrons. The molecule has 0 amide bonds. The standard InChI is InChI=1S/C23H26BrClF4N4O3/c1-2-13(30-6-4-14(27)28)10-35-20-15-19(18(29)16(24)17(20)25)31-22(32-21(15)34)36-11-23-5-3-7-33(23)9-12(26)8-23/h2,12-14,30H,1,3-11H2,(H,31,32,34)/t12-,13?,23+/m1/s1. The van der Waals surface area contributed by atoms with E-state index < -0.39 is 35.6 Å². The van der Waals surface area contributed by atoms with E-state index in [1.54, 1.807) is 0 Å². The first-order chi connectivity index (χ1) is 17.1. The van der Waals surface area contributed by atoms with Crippen LogP contribution in [0.3, 0.4) is 0 Å². The third-order valence-electron chi connectivity index (χ3n) is 6.62. The smallest absolute Gasteiger partial charge is 0.297 e. The Kier molecular flexibility index (Phi) is 8.48. The molecule has 7 nitrogen and oxygen atoms in total. The Hall–Kier alpha value is -1.89. The van der Waals surface area contributed by atoms with Gasteiger partial charge in [0.15, 0.2) is 11.6 Å². The van der Waals surface area contributed by atoms with Gasteiger partial charge in [-0.25, -0.2) is 17.6 Å². The van der Waals surface area contributed by atoms with Gasteiger partial charge in [0.05, 0.1) is 16.1 Å². The number of alkyl halides is 3. The normalized spacial score (nSPS) is 22.8. The van der Waals surface area contributed by atoms with Gasteiger partial charge in [-0.15, -0.1) is 6.58 Å². The summed E-state index contributed by atoms with van der Waals surface area (Å²) in [4.78, 5) is 21.7. The lowest BCUT2D eigenvalue weighted by molar-refractivity contribution is 0.107. The number of hydrogen-bond acceptors (Lipinski definition) is 6. The third kappa shape index (κ3) is 5.51. The monoisotopic (exact) mass is 596 g/mol. The second-order valence-corrected chi connectivity index (χ2v) is 10.2. The molecule has 13 heteroatoms. The zero-order chi connectivity index (χ0) is 26.0. The van der Waals surface area contributed by atoms with Crippen LogP contribution in [0.25, 0.3) is 10.9 Å². The van der Waals surface area contributed by atoms with Gasteiger partial charge in [-0.2, -0.15) is 4.98 Å². The maximum atomic E-state index is 15.1. The Morgan fingerprint density at radius 1 is 1.42 bits per heavy atom. The van der Waals surface area contributed by atoms with Crippen LogP contribution in [0.2, 0.25) is 5.02 Å². The van der Waals surface area contributed by atoms with Gasteiger partial charge in [0.2, 0.25) is 6.43 Å². The van der Waals surface area contributed by atoms with Gasteiger partial charge < -0.3 is 14.8 Å². The number of hydrogen-bond donors (Lipinski definition) is 2. The molecule has 1 aromatic carbocycles. The number of H-pyrrole nitrogens is 1. The molecule has 2 N–H and O–H groups in total. The third-order valence-corrected chi connectivity index (χ3v) is 7.95. The molecule has 1 unspecified atom stereocenters. The lowest BCUT2D eigenvalue weighted by Gasteiger charge is -2.30. The van der Waals surface area contributed by atoms with Crippen LogP contribution in [-0.4, -0.2) is 71.9 Å². The van der Waals surface area contributed by atoms with Crippen molar-refractivity contribution in [3.63, 3.8) is 0 Å². The summed E-state index contributed by atoms with van der Waals surface area (Å²) < 4.78 is 65.3. The largest absolute Gasteiger partial charge is 0.489 e. The van der Waals surface area contributed by atoms with Crippen LogP contribution < -0.4 is 20.3 Å². The van der Waals surface area contributed by atoms with Crippen molar-refractivity contribution in [1.29, 1.82) is 0 Å². The van der Waals surface area contributed by atoms with E-state index in [2.05, 4.69) is 37.8 Å². The summed E-state index contributed by atoms with van der Waals surface area (Å²) in [6.45, 7) is 4.77. The second kappa shape index (κ2) is 11.2. The van der Waals surface area contributed by atoms with Crippen LogP contribution in [-0.2, 0) is 0 Å². The van der Waals surface area contributed by atoms with Crippen molar-refractivity contribution >= 4 is 38.4 Å². The van der Waals surface area contributed by atoms with E-state index in [0.29, 0.717) is 13.0 Å². The molecule has 0 bridgehead atoms. The number of benzene rings is 1. The van der Waals surface area contributed by atoms with Crippen molar-refractivity contribution in [3.05, 3.63) is 38.3 Å². The lowest BCUT2D eigenvalue weighted by atomic mass is 9.95. The van der Waals surface area contributed by atoms with Gasteiger partial charge in [-0.05, 0) is 35.3 Å². The molecule has 36 heavy (non-hydrogen) atoms. The van der Waals surface area contributed by atoms with Gasteiger partial charge in [0.25, 0.3) is 11.6 Å². The van der Waals surface area contributed by atoms with Crippen LogP contribution in [0, 0.1) is 5.82 Å². The quantitative estimate of drug-likeness (QED) is 0.224. The van der Waals surface area contributed by atoms with Crippen molar-refractivity contribution < 1.29 is 27.0 Å². The summed E-state index contributed by atoms with van der Waals surface area (Å²) in [6, 6.07) is -0.736. The molecule has 3 atom stereocenters. The maximum absolute atomic E-state index is 15.1. The Labute approximate surface area is 218 Å². The summed E-state index contributed by atoms with van der Waals surface area (Å²) in [5.74, 6) is -1.00. The fraction of sp³-hybridized carbons (Fsp3) is 0.565. The molecular weight excluding hydrogens is 572 g/mol. The molecule has 2 saturated heterocycles. The number of halogens is 6. The van der Waals surface area contributed by atoms with E-state index in [-0.39, 0.29) is 58.3 Å². The number of ether oxygens (including phenoxy) is 2. The second-order valence-electron chi connectivity index (χ2n) is 9.02. The molecule has 0 aliphatic carbocycles. The van der Waals surface area contributed by atoms with Crippen molar-refractivity contribution in [2.75, 3.05) is 32.8 Å². The summed E-state index contributed by atoms with van der Waals surface area (Å²) in [5, 5.41) is 2.44. The molecule has 2 aromatic rings. The van der Waals surface area contributed by atoms with E-state index in [4.69, 9.17) is 21.1 Å². The molecule has 0 radical (unpaired) electrons. The minimum Gasteiger partial charge on any atom is -0.489 e. The predicted octanol–water partition coefficient (Wildman–Crippen LogP) is 4.61. The van der Waals surface area contributed by atoms with Gasteiger partial charge in [-0.3, -0.25) is 14.7 Å². The Morgan fingerprint density at radius 3 is 2.92 bits per heavy atom. The zero-order valence-electron chi connectivity index (χ0n) is 19.3. The molecule has 0 spiro atoms. The SMILES string of the molecule is C=CC(COc1c(Cl)c(Br)c(F)c2nc(OC[C@@]34CCCN3C[C@H](F)C4)[nH]c(=O)c12)NCCC(F)F. The molecule has 2 aliphatic rings. The van der Waals surface area contributed by atoms with E-state index in [0.717, 1.165) is 19.4 Å². The highest BCUT2D eigenvalue weighted by atomic mass is 79.9. The number of rotatable bonds is 11. The number of nitrogens with one attached hydrogen (secondary N) is 2. The first-order valence-electron chi connectivity index (χ1n) is 11.5. The Balaban J connectivity index is 1.58. The summed E-state index contributed by atoms with van der Waals surface area (Å²) in [6.07, 6.45) is -0.292. The zero-order valence-corrected chi connectivity index (χ0v) is 21.6.